The molecule has 1 saturated heterocycles. The van der Waals surface area contributed by atoms with E-state index in [1.165, 1.54) is 71.0 Å². The molecule has 3 rings (SSSR count). The molecule has 2 aliphatic carbocycles. The van der Waals surface area contributed by atoms with Gasteiger partial charge in [0.1, 0.15) is 0 Å². The van der Waals surface area contributed by atoms with Crippen LogP contribution in [-0.4, -0.2) is 36.6 Å². The number of nitrogens with zero attached hydrogens (tertiary/aromatic N) is 1. The van der Waals surface area contributed by atoms with E-state index < -0.39 is 0 Å². The molecule has 1 heterocycles. The molecule has 0 radical (unpaired) electrons. The average Bonchev–Trinajstić information content (AvgIpc) is 2.99. The fourth-order valence-corrected chi connectivity index (χ4v) is 3.43. The molecule has 0 bridgehead atoms. The SMILES string of the molecule is C1CCC(N2CCCC(NCC3CC3)C2)C1. The van der Waals surface area contributed by atoms with E-state index in [2.05, 4.69) is 10.2 Å². The number of hydrogen-bond acceptors (Lipinski definition) is 2. The highest BCUT2D eigenvalue weighted by Gasteiger charge is 2.28. The standard InChI is InChI=1S/C14H26N2/c1-2-6-14(5-1)16-9-3-4-13(11-16)15-10-12-7-8-12/h12-15H,1-11H2. The first-order valence-electron chi connectivity index (χ1n) is 7.39. The van der Waals surface area contributed by atoms with Crippen molar-refractivity contribution < 1.29 is 0 Å². The second kappa shape index (κ2) is 5.05. The summed E-state index contributed by atoms with van der Waals surface area (Å²) in [4.78, 5) is 2.78. The van der Waals surface area contributed by atoms with Crippen LogP contribution in [-0.2, 0) is 0 Å². The van der Waals surface area contributed by atoms with Gasteiger partial charge in [-0.1, -0.05) is 12.8 Å². The first-order chi connectivity index (χ1) is 7.92. The lowest BCUT2D eigenvalue weighted by molar-refractivity contribution is 0.138. The molecule has 1 aliphatic heterocycles. The Morgan fingerprint density at radius 1 is 0.938 bits per heavy atom. The zero-order valence-corrected chi connectivity index (χ0v) is 10.5. The van der Waals surface area contributed by atoms with Crippen LogP contribution in [0.5, 0.6) is 0 Å². The van der Waals surface area contributed by atoms with Gasteiger partial charge in [-0.3, -0.25) is 4.90 Å². The van der Waals surface area contributed by atoms with E-state index in [0.717, 1.165) is 18.0 Å². The molecule has 92 valence electrons. The minimum absolute atomic E-state index is 0.801. The fourth-order valence-electron chi connectivity index (χ4n) is 3.43. The minimum Gasteiger partial charge on any atom is -0.312 e. The summed E-state index contributed by atoms with van der Waals surface area (Å²) < 4.78 is 0. The first-order valence-corrected chi connectivity index (χ1v) is 7.39. The highest BCUT2D eigenvalue weighted by molar-refractivity contribution is 4.86. The third kappa shape index (κ3) is 2.78. The van der Waals surface area contributed by atoms with E-state index in [0.29, 0.717) is 0 Å². The van der Waals surface area contributed by atoms with Gasteiger partial charge in [0, 0.05) is 18.6 Å². The summed E-state index contributed by atoms with van der Waals surface area (Å²) >= 11 is 0. The van der Waals surface area contributed by atoms with Crippen molar-refractivity contribution in [2.45, 2.75) is 63.5 Å². The fraction of sp³-hybridized carbons (Fsp3) is 1.00. The second-order valence-electron chi connectivity index (χ2n) is 6.12. The zero-order chi connectivity index (χ0) is 10.8. The molecule has 1 atom stereocenters. The average molecular weight is 222 g/mol. The Bertz CT molecular complexity index is 219. The quantitative estimate of drug-likeness (QED) is 0.786. The number of likely N-dealkylation sites (tertiary alicyclic amines) is 1. The van der Waals surface area contributed by atoms with Crippen LogP contribution in [0.1, 0.15) is 51.4 Å². The number of rotatable bonds is 4. The maximum absolute atomic E-state index is 3.80. The van der Waals surface area contributed by atoms with Crippen molar-refractivity contribution >= 4 is 0 Å². The van der Waals surface area contributed by atoms with Crippen LogP contribution in [0.25, 0.3) is 0 Å². The van der Waals surface area contributed by atoms with Crippen molar-refractivity contribution in [3.05, 3.63) is 0 Å². The zero-order valence-electron chi connectivity index (χ0n) is 10.5. The smallest absolute Gasteiger partial charge is 0.0195 e. The molecular formula is C14H26N2. The molecule has 2 nitrogen and oxygen atoms in total. The minimum atomic E-state index is 0.801. The van der Waals surface area contributed by atoms with Crippen molar-refractivity contribution in [2.24, 2.45) is 5.92 Å². The van der Waals surface area contributed by atoms with Crippen molar-refractivity contribution in [3.8, 4) is 0 Å². The predicted molar refractivity (Wildman–Crippen MR) is 67.6 cm³/mol. The molecule has 1 unspecified atom stereocenters. The Labute approximate surface area is 99.8 Å². The summed E-state index contributed by atoms with van der Waals surface area (Å²) in [5, 5.41) is 3.80. The molecule has 0 aromatic carbocycles. The maximum Gasteiger partial charge on any atom is 0.0195 e. The molecule has 3 fully saturated rings. The Morgan fingerprint density at radius 3 is 2.50 bits per heavy atom. The molecule has 1 N–H and O–H groups in total. The van der Waals surface area contributed by atoms with Gasteiger partial charge < -0.3 is 5.32 Å². The first kappa shape index (κ1) is 11.0. The molecule has 0 aromatic heterocycles. The third-order valence-corrected chi connectivity index (χ3v) is 4.69. The van der Waals surface area contributed by atoms with Gasteiger partial charge in [0.05, 0.1) is 0 Å². The van der Waals surface area contributed by atoms with E-state index in [1.54, 1.807) is 0 Å². The highest BCUT2D eigenvalue weighted by atomic mass is 15.2. The van der Waals surface area contributed by atoms with E-state index >= 15 is 0 Å². The van der Waals surface area contributed by atoms with E-state index in [1.807, 2.05) is 0 Å². The van der Waals surface area contributed by atoms with Gasteiger partial charge in [0.25, 0.3) is 0 Å². The third-order valence-electron chi connectivity index (χ3n) is 4.69. The van der Waals surface area contributed by atoms with Gasteiger partial charge in [-0.15, -0.1) is 0 Å². The summed E-state index contributed by atoms with van der Waals surface area (Å²) in [6, 6.07) is 1.74. The second-order valence-corrected chi connectivity index (χ2v) is 6.12. The van der Waals surface area contributed by atoms with Gasteiger partial charge in [0.15, 0.2) is 0 Å². The van der Waals surface area contributed by atoms with Gasteiger partial charge >= 0.3 is 0 Å². The molecule has 2 heteroatoms. The van der Waals surface area contributed by atoms with Crippen LogP contribution >= 0.6 is 0 Å². The van der Waals surface area contributed by atoms with Gasteiger partial charge in [-0.25, -0.2) is 0 Å². The van der Waals surface area contributed by atoms with Crippen molar-refractivity contribution in [1.82, 2.24) is 10.2 Å². The highest BCUT2D eigenvalue weighted by Crippen LogP contribution is 2.29. The van der Waals surface area contributed by atoms with E-state index in [9.17, 15) is 0 Å². The van der Waals surface area contributed by atoms with Crippen molar-refractivity contribution in [3.63, 3.8) is 0 Å². The molecular weight excluding hydrogens is 196 g/mol. The summed E-state index contributed by atoms with van der Waals surface area (Å²) in [5.74, 6) is 1.03. The lowest BCUT2D eigenvalue weighted by atomic mass is 10.0. The van der Waals surface area contributed by atoms with Crippen LogP contribution in [0.2, 0.25) is 0 Å². The van der Waals surface area contributed by atoms with Crippen molar-refractivity contribution in [2.75, 3.05) is 19.6 Å². The molecule has 0 amide bonds. The van der Waals surface area contributed by atoms with Crippen LogP contribution < -0.4 is 5.32 Å². The summed E-state index contributed by atoms with van der Waals surface area (Å²) in [7, 11) is 0. The number of nitrogens with one attached hydrogen (secondary N) is 1. The van der Waals surface area contributed by atoms with Crippen LogP contribution in [0.15, 0.2) is 0 Å². The molecule has 16 heavy (non-hydrogen) atoms. The topological polar surface area (TPSA) is 15.3 Å². The normalized spacial score (nSPS) is 33.4. The van der Waals surface area contributed by atoms with Gasteiger partial charge in [-0.05, 0) is 57.5 Å². The van der Waals surface area contributed by atoms with Crippen molar-refractivity contribution in [1.29, 1.82) is 0 Å². The number of piperidine rings is 1. The molecule has 3 aliphatic rings. The van der Waals surface area contributed by atoms with Gasteiger partial charge in [-0.2, -0.15) is 0 Å². The monoisotopic (exact) mass is 222 g/mol. The van der Waals surface area contributed by atoms with Crippen LogP contribution in [0.4, 0.5) is 0 Å². The Balaban J connectivity index is 1.44. The summed E-state index contributed by atoms with van der Waals surface area (Å²) in [6.07, 6.45) is 11.7. The van der Waals surface area contributed by atoms with E-state index in [4.69, 9.17) is 0 Å². The Morgan fingerprint density at radius 2 is 1.75 bits per heavy atom. The van der Waals surface area contributed by atoms with Gasteiger partial charge in [0.2, 0.25) is 0 Å². The lowest BCUT2D eigenvalue weighted by Crippen LogP contribution is -2.49. The van der Waals surface area contributed by atoms with E-state index in [-0.39, 0.29) is 0 Å². The van der Waals surface area contributed by atoms with Crippen LogP contribution in [0, 0.1) is 5.92 Å². The number of hydrogen-bond donors (Lipinski definition) is 1. The largest absolute Gasteiger partial charge is 0.312 e. The predicted octanol–water partition coefficient (Wildman–Crippen LogP) is 2.39. The molecule has 2 saturated carbocycles. The Hall–Kier alpha value is -0.0800. The maximum atomic E-state index is 3.80. The Kier molecular flexibility index (Phi) is 3.49. The van der Waals surface area contributed by atoms with Crippen LogP contribution in [0.3, 0.4) is 0 Å². The molecule has 0 spiro atoms. The molecule has 0 aromatic rings. The lowest BCUT2D eigenvalue weighted by Gasteiger charge is -2.37. The summed E-state index contributed by atoms with van der Waals surface area (Å²) in [5.41, 5.74) is 0. The summed E-state index contributed by atoms with van der Waals surface area (Å²) in [6.45, 7) is 3.99.